The maximum Gasteiger partial charge on any atom is 0.476 e. The van der Waals surface area contributed by atoms with Gasteiger partial charge in [0.1, 0.15) is 0 Å². The van der Waals surface area contributed by atoms with Gasteiger partial charge >= 0.3 is 16.1 Å². The molecule has 0 heterocycles. The Labute approximate surface area is 58.3 Å². The SMILES string of the molecule is C=C.O=[PH](O)OP(=O)(O)O. The van der Waals surface area contributed by atoms with E-state index in [1.165, 1.54) is 0 Å². The predicted octanol–water partition coefficient (Wildman–Crippen LogP) is 0.280. The van der Waals surface area contributed by atoms with Crippen LogP contribution in [0.5, 0.6) is 0 Å². The molecule has 0 aliphatic heterocycles. The van der Waals surface area contributed by atoms with Crippen LogP contribution in [0.1, 0.15) is 0 Å². The minimum absolute atomic E-state index is 3.00. The van der Waals surface area contributed by atoms with Crippen LogP contribution in [-0.4, -0.2) is 14.7 Å². The first-order valence-electron chi connectivity index (χ1n) is 1.90. The zero-order valence-electron chi connectivity index (χ0n) is 4.93. The molecule has 0 aromatic rings. The minimum Gasteiger partial charge on any atom is -0.326 e. The van der Waals surface area contributed by atoms with E-state index in [4.69, 9.17) is 14.7 Å². The normalized spacial score (nSPS) is 13.1. The molecular formula is C2H8O6P2. The van der Waals surface area contributed by atoms with Crippen molar-refractivity contribution < 1.29 is 28.1 Å². The lowest BCUT2D eigenvalue weighted by atomic mass is 11.3. The molecule has 0 fully saturated rings. The second-order valence-electron chi connectivity index (χ2n) is 0.848. The molecule has 0 saturated heterocycles. The fourth-order valence-corrected chi connectivity index (χ4v) is 0.916. The van der Waals surface area contributed by atoms with Gasteiger partial charge in [-0.2, -0.15) is 0 Å². The van der Waals surface area contributed by atoms with Gasteiger partial charge < -0.3 is 14.7 Å². The number of hydrogen-bond acceptors (Lipinski definition) is 3. The van der Waals surface area contributed by atoms with Crippen molar-refractivity contribution in [2.24, 2.45) is 0 Å². The Kier molecular flexibility index (Phi) is 7.36. The Bertz CT molecular complexity index is 148. The predicted molar refractivity (Wildman–Crippen MR) is 35.6 cm³/mol. The van der Waals surface area contributed by atoms with Gasteiger partial charge in [-0.1, -0.05) is 0 Å². The molecular weight excluding hydrogens is 182 g/mol. The van der Waals surface area contributed by atoms with Gasteiger partial charge in [-0.3, -0.25) is 4.57 Å². The Morgan fingerprint density at radius 2 is 1.70 bits per heavy atom. The van der Waals surface area contributed by atoms with Gasteiger partial charge in [0.2, 0.25) is 0 Å². The van der Waals surface area contributed by atoms with Gasteiger partial charge in [0.15, 0.2) is 0 Å². The zero-order valence-corrected chi connectivity index (χ0v) is 6.82. The molecule has 0 aliphatic carbocycles. The van der Waals surface area contributed by atoms with Crippen LogP contribution in [0.25, 0.3) is 0 Å². The van der Waals surface area contributed by atoms with Crippen LogP contribution in [0, 0.1) is 0 Å². The summed E-state index contributed by atoms with van der Waals surface area (Å²) in [4.78, 5) is 23.2. The van der Waals surface area contributed by atoms with Crippen LogP contribution in [0.4, 0.5) is 0 Å². The maximum absolute atomic E-state index is 9.58. The summed E-state index contributed by atoms with van der Waals surface area (Å²) in [5.74, 6) is 0. The highest BCUT2D eigenvalue weighted by Crippen LogP contribution is 2.45. The summed E-state index contributed by atoms with van der Waals surface area (Å²) >= 11 is 0. The van der Waals surface area contributed by atoms with Crippen LogP contribution in [0.15, 0.2) is 13.2 Å². The zero-order chi connectivity index (χ0) is 8.78. The third-order valence-electron chi connectivity index (χ3n) is 0.197. The molecule has 0 saturated carbocycles. The molecule has 0 spiro atoms. The molecule has 1 atom stereocenters. The highest BCUT2D eigenvalue weighted by atomic mass is 31.2. The molecule has 62 valence electrons. The van der Waals surface area contributed by atoms with E-state index in [2.05, 4.69) is 17.5 Å². The van der Waals surface area contributed by atoms with Gasteiger partial charge in [-0.25, -0.2) is 8.88 Å². The Morgan fingerprint density at radius 3 is 1.70 bits per heavy atom. The fraction of sp³-hybridized carbons (Fsp3) is 0. The molecule has 0 radical (unpaired) electrons. The summed E-state index contributed by atoms with van der Waals surface area (Å²) < 4.78 is 22.3. The van der Waals surface area contributed by atoms with Crippen molar-refractivity contribution in [1.29, 1.82) is 0 Å². The Hall–Kier alpha value is 0.0400. The van der Waals surface area contributed by atoms with Crippen LogP contribution >= 0.6 is 16.1 Å². The van der Waals surface area contributed by atoms with E-state index in [1.807, 2.05) is 0 Å². The van der Waals surface area contributed by atoms with Gasteiger partial charge in [0, 0.05) is 0 Å². The average molecular weight is 190 g/mol. The fourth-order valence-electron chi connectivity index (χ4n) is 0.102. The van der Waals surface area contributed by atoms with E-state index in [0.29, 0.717) is 0 Å². The van der Waals surface area contributed by atoms with E-state index in [0.717, 1.165) is 0 Å². The second-order valence-corrected chi connectivity index (χ2v) is 3.09. The first-order valence-corrected chi connectivity index (χ1v) is 4.69. The molecule has 10 heavy (non-hydrogen) atoms. The summed E-state index contributed by atoms with van der Waals surface area (Å²) in [6, 6.07) is 0. The monoisotopic (exact) mass is 190 g/mol. The highest BCUT2D eigenvalue weighted by Gasteiger charge is 2.15. The van der Waals surface area contributed by atoms with E-state index < -0.39 is 16.1 Å². The van der Waals surface area contributed by atoms with E-state index in [9.17, 15) is 9.13 Å². The molecule has 0 aliphatic rings. The number of phosphoric acid groups is 1. The van der Waals surface area contributed by atoms with Crippen molar-refractivity contribution in [2.45, 2.75) is 0 Å². The molecule has 1 unspecified atom stereocenters. The minimum atomic E-state index is -4.74. The highest BCUT2D eigenvalue weighted by molar-refractivity contribution is 7.54. The van der Waals surface area contributed by atoms with E-state index in [1.54, 1.807) is 0 Å². The van der Waals surface area contributed by atoms with Gasteiger partial charge in [0.25, 0.3) is 0 Å². The number of hydrogen-bond donors (Lipinski definition) is 3. The van der Waals surface area contributed by atoms with Gasteiger partial charge in [0.05, 0.1) is 0 Å². The summed E-state index contributed by atoms with van der Waals surface area (Å²) in [5, 5.41) is 0. The van der Waals surface area contributed by atoms with Gasteiger partial charge in [-0.05, 0) is 0 Å². The lowest BCUT2D eigenvalue weighted by Gasteiger charge is -1.97. The third kappa shape index (κ3) is 15.7. The smallest absolute Gasteiger partial charge is 0.326 e. The molecule has 0 rings (SSSR count). The van der Waals surface area contributed by atoms with Crippen LogP contribution in [0.3, 0.4) is 0 Å². The summed E-state index contributed by atoms with van der Waals surface area (Å²) in [5.41, 5.74) is 0. The quantitative estimate of drug-likeness (QED) is 0.426. The molecule has 0 bridgehead atoms. The Morgan fingerprint density at radius 1 is 1.40 bits per heavy atom. The molecule has 0 aromatic heterocycles. The second kappa shape index (κ2) is 5.80. The lowest BCUT2D eigenvalue weighted by Crippen LogP contribution is -1.75. The average Bonchev–Trinajstić information content (AvgIpc) is 1.64. The molecule has 0 amide bonds. The van der Waals surface area contributed by atoms with Crippen molar-refractivity contribution in [1.82, 2.24) is 0 Å². The molecule has 0 aromatic carbocycles. The first kappa shape index (κ1) is 12.7. The van der Waals surface area contributed by atoms with Crippen LogP contribution in [-0.2, 0) is 13.4 Å². The first-order chi connectivity index (χ1) is 4.42. The van der Waals surface area contributed by atoms with E-state index in [-0.39, 0.29) is 0 Å². The summed E-state index contributed by atoms with van der Waals surface area (Å²) in [6.07, 6.45) is 0. The standard InChI is InChI=1S/C2H4.H4O6P2/c1-2;1-7(2)6-8(3,4)5/h1-2H2;7H,(H,1,2)(H2,3,4,5). The van der Waals surface area contributed by atoms with Crippen molar-refractivity contribution in [3.63, 3.8) is 0 Å². The number of rotatable bonds is 2. The van der Waals surface area contributed by atoms with Crippen molar-refractivity contribution >= 4 is 16.1 Å². The maximum atomic E-state index is 9.58. The van der Waals surface area contributed by atoms with Crippen LogP contribution in [0.2, 0.25) is 0 Å². The van der Waals surface area contributed by atoms with Crippen LogP contribution < -0.4 is 0 Å². The largest absolute Gasteiger partial charge is 0.476 e. The topological polar surface area (TPSA) is 104 Å². The van der Waals surface area contributed by atoms with Crippen molar-refractivity contribution in [2.75, 3.05) is 0 Å². The van der Waals surface area contributed by atoms with Crippen molar-refractivity contribution in [3.05, 3.63) is 13.2 Å². The Balaban J connectivity index is 0. The molecule has 3 N–H and O–H groups in total. The van der Waals surface area contributed by atoms with Gasteiger partial charge in [-0.15, -0.1) is 13.2 Å². The third-order valence-corrected chi connectivity index (χ3v) is 1.77. The lowest BCUT2D eigenvalue weighted by molar-refractivity contribution is 0.273. The van der Waals surface area contributed by atoms with E-state index >= 15 is 0 Å². The summed E-state index contributed by atoms with van der Waals surface area (Å²) in [6.45, 7) is 6.00. The summed E-state index contributed by atoms with van der Waals surface area (Å²) in [7, 11) is -8.24. The van der Waals surface area contributed by atoms with Crippen molar-refractivity contribution in [3.8, 4) is 0 Å². The molecule has 8 heteroatoms. The molecule has 6 nitrogen and oxygen atoms in total.